The third kappa shape index (κ3) is 2.83. The highest BCUT2D eigenvalue weighted by Crippen LogP contribution is 2.26. The van der Waals surface area contributed by atoms with Crippen molar-refractivity contribution in [2.45, 2.75) is 63.5 Å². The number of Topliss-reactive ketones (excluding diaryl/α,β-unsaturated/α-hetero) is 1. The van der Waals surface area contributed by atoms with Crippen LogP contribution in [0.2, 0.25) is 0 Å². The van der Waals surface area contributed by atoms with Crippen molar-refractivity contribution in [2.75, 3.05) is 13.2 Å². The van der Waals surface area contributed by atoms with Gasteiger partial charge in [-0.3, -0.25) is 9.69 Å². The van der Waals surface area contributed by atoms with Gasteiger partial charge in [0.1, 0.15) is 5.78 Å². The van der Waals surface area contributed by atoms with E-state index in [0.717, 1.165) is 38.6 Å². The van der Waals surface area contributed by atoms with E-state index in [-0.39, 0.29) is 6.61 Å². The minimum atomic E-state index is 0.282. The van der Waals surface area contributed by atoms with Crippen LogP contribution in [0, 0.1) is 0 Å². The predicted molar refractivity (Wildman–Crippen MR) is 63.3 cm³/mol. The molecule has 1 saturated carbocycles. The molecule has 2 aliphatic rings. The maximum Gasteiger partial charge on any atom is 0.133 e. The van der Waals surface area contributed by atoms with Gasteiger partial charge in [-0.15, -0.1) is 0 Å². The molecule has 0 amide bonds. The monoisotopic (exact) mass is 225 g/mol. The smallest absolute Gasteiger partial charge is 0.133 e. The Kier molecular flexibility index (Phi) is 4.36. The molecule has 0 spiro atoms. The maximum absolute atomic E-state index is 11.2. The molecule has 3 heteroatoms. The molecule has 1 unspecified atom stereocenters. The minimum Gasteiger partial charge on any atom is -0.395 e. The summed E-state index contributed by atoms with van der Waals surface area (Å²) in [4.78, 5) is 13.7. The minimum absolute atomic E-state index is 0.282. The number of carbonyl (C=O) groups excluding carboxylic acids is 1. The Labute approximate surface area is 97.8 Å². The molecule has 1 heterocycles. The standard InChI is InChI=1S/C13H23NO2/c15-10-12-4-2-1-3-9-14(12)11-5-7-13(16)8-6-11/h11-12,15H,1-10H2. The number of rotatable bonds is 2. The van der Waals surface area contributed by atoms with E-state index in [0.29, 0.717) is 17.9 Å². The van der Waals surface area contributed by atoms with Gasteiger partial charge in [0, 0.05) is 24.9 Å². The lowest BCUT2D eigenvalue weighted by Gasteiger charge is -2.38. The van der Waals surface area contributed by atoms with Crippen LogP contribution in [0.15, 0.2) is 0 Å². The highest BCUT2D eigenvalue weighted by molar-refractivity contribution is 5.79. The molecule has 0 bridgehead atoms. The first-order valence-electron chi connectivity index (χ1n) is 6.69. The van der Waals surface area contributed by atoms with Crippen LogP contribution < -0.4 is 0 Å². The van der Waals surface area contributed by atoms with Crippen molar-refractivity contribution in [1.29, 1.82) is 0 Å². The lowest BCUT2D eigenvalue weighted by Crippen LogP contribution is -2.46. The molecule has 0 aromatic rings. The first kappa shape index (κ1) is 12.1. The largest absolute Gasteiger partial charge is 0.395 e. The molecule has 92 valence electrons. The molecule has 1 N–H and O–H groups in total. The zero-order valence-corrected chi connectivity index (χ0v) is 10.0. The average Bonchev–Trinajstić information content (AvgIpc) is 2.55. The highest BCUT2D eigenvalue weighted by Gasteiger charge is 2.29. The van der Waals surface area contributed by atoms with E-state index in [2.05, 4.69) is 4.90 Å². The summed E-state index contributed by atoms with van der Waals surface area (Å²) in [6, 6.07) is 0.897. The van der Waals surface area contributed by atoms with Gasteiger partial charge in [-0.05, 0) is 32.2 Å². The number of carbonyl (C=O) groups is 1. The molecular formula is C13H23NO2. The summed E-state index contributed by atoms with van der Waals surface area (Å²) in [6.07, 6.45) is 8.43. The lowest BCUT2D eigenvalue weighted by atomic mass is 9.92. The van der Waals surface area contributed by atoms with Crippen LogP contribution in [0.4, 0.5) is 0 Å². The summed E-state index contributed by atoms with van der Waals surface area (Å²) < 4.78 is 0. The molecule has 1 aliphatic carbocycles. The fourth-order valence-electron chi connectivity index (χ4n) is 3.13. The van der Waals surface area contributed by atoms with E-state index in [1.807, 2.05) is 0 Å². The number of aliphatic hydroxyl groups excluding tert-OH is 1. The summed E-state index contributed by atoms with van der Waals surface area (Å²) in [5, 5.41) is 9.46. The molecule has 16 heavy (non-hydrogen) atoms. The van der Waals surface area contributed by atoms with Gasteiger partial charge in [-0.2, -0.15) is 0 Å². The van der Waals surface area contributed by atoms with Gasteiger partial charge >= 0.3 is 0 Å². The molecule has 0 radical (unpaired) electrons. The molecule has 3 nitrogen and oxygen atoms in total. The normalized spacial score (nSPS) is 30.3. The van der Waals surface area contributed by atoms with Crippen molar-refractivity contribution in [1.82, 2.24) is 4.90 Å². The van der Waals surface area contributed by atoms with Crippen molar-refractivity contribution >= 4 is 5.78 Å². The predicted octanol–water partition coefficient (Wildman–Crippen LogP) is 1.73. The van der Waals surface area contributed by atoms with E-state index in [9.17, 15) is 9.90 Å². The molecule has 0 aromatic heterocycles. The number of likely N-dealkylation sites (tertiary alicyclic amines) is 1. The Morgan fingerprint density at radius 2 is 1.88 bits per heavy atom. The summed E-state index contributed by atoms with van der Waals surface area (Å²) in [7, 11) is 0. The number of nitrogens with zero attached hydrogens (tertiary/aromatic N) is 1. The molecule has 1 saturated heterocycles. The molecule has 2 rings (SSSR count). The zero-order valence-electron chi connectivity index (χ0n) is 10.0. The van der Waals surface area contributed by atoms with Gasteiger partial charge in [0.2, 0.25) is 0 Å². The van der Waals surface area contributed by atoms with E-state index in [4.69, 9.17) is 0 Å². The lowest BCUT2D eigenvalue weighted by molar-refractivity contribution is -0.121. The van der Waals surface area contributed by atoms with Crippen molar-refractivity contribution in [3.05, 3.63) is 0 Å². The molecule has 2 fully saturated rings. The summed E-state index contributed by atoms with van der Waals surface area (Å²) >= 11 is 0. The fourth-order valence-corrected chi connectivity index (χ4v) is 3.13. The maximum atomic E-state index is 11.2. The summed E-state index contributed by atoms with van der Waals surface area (Å²) in [5.41, 5.74) is 0. The average molecular weight is 225 g/mol. The van der Waals surface area contributed by atoms with E-state index < -0.39 is 0 Å². The van der Waals surface area contributed by atoms with Crippen LogP contribution in [0.25, 0.3) is 0 Å². The Hall–Kier alpha value is -0.410. The van der Waals surface area contributed by atoms with Gasteiger partial charge in [0.25, 0.3) is 0 Å². The SMILES string of the molecule is O=C1CCC(N2CCCCCC2CO)CC1. The Morgan fingerprint density at radius 1 is 1.12 bits per heavy atom. The van der Waals surface area contributed by atoms with Crippen molar-refractivity contribution in [3.8, 4) is 0 Å². The highest BCUT2D eigenvalue weighted by atomic mass is 16.3. The third-order valence-electron chi connectivity index (χ3n) is 4.12. The van der Waals surface area contributed by atoms with E-state index >= 15 is 0 Å². The van der Waals surface area contributed by atoms with Crippen LogP contribution >= 0.6 is 0 Å². The number of aliphatic hydroxyl groups is 1. The van der Waals surface area contributed by atoms with Gasteiger partial charge in [0.15, 0.2) is 0 Å². The van der Waals surface area contributed by atoms with Crippen LogP contribution in [0.5, 0.6) is 0 Å². The second kappa shape index (κ2) is 5.78. The zero-order chi connectivity index (χ0) is 11.4. The van der Waals surface area contributed by atoms with Crippen LogP contribution in [-0.2, 0) is 4.79 Å². The summed E-state index contributed by atoms with van der Waals surface area (Å²) in [5.74, 6) is 0.423. The topological polar surface area (TPSA) is 40.5 Å². The Morgan fingerprint density at radius 3 is 2.56 bits per heavy atom. The quantitative estimate of drug-likeness (QED) is 0.778. The second-order valence-electron chi connectivity index (χ2n) is 5.19. The van der Waals surface area contributed by atoms with Crippen LogP contribution in [-0.4, -0.2) is 41.0 Å². The van der Waals surface area contributed by atoms with E-state index in [1.54, 1.807) is 0 Å². The van der Waals surface area contributed by atoms with Crippen molar-refractivity contribution in [3.63, 3.8) is 0 Å². The molecule has 1 aliphatic heterocycles. The number of hydrogen-bond donors (Lipinski definition) is 1. The molecular weight excluding hydrogens is 202 g/mol. The van der Waals surface area contributed by atoms with Gasteiger partial charge < -0.3 is 5.11 Å². The first-order valence-corrected chi connectivity index (χ1v) is 6.69. The van der Waals surface area contributed by atoms with Gasteiger partial charge in [0.05, 0.1) is 6.61 Å². The number of ketones is 1. The number of hydrogen-bond acceptors (Lipinski definition) is 3. The van der Waals surface area contributed by atoms with Crippen molar-refractivity contribution in [2.24, 2.45) is 0 Å². The van der Waals surface area contributed by atoms with Gasteiger partial charge in [-0.25, -0.2) is 0 Å². The summed E-state index contributed by atoms with van der Waals surface area (Å²) in [6.45, 7) is 1.40. The van der Waals surface area contributed by atoms with Gasteiger partial charge in [-0.1, -0.05) is 12.8 Å². The molecule has 1 atom stereocenters. The van der Waals surface area contributed by atoms with Crippen molar-refractivity contribution < 1.29 is 9.90 Å². The Bertz CT molecular complexity index is 232. The second-order valence-corrected chi connectivity index (χ2v) is 5.19. The van der Waals surface area contributed by atoms with Crippen LogP contribution in [0.1, 0.15) is 51.4 Å². The molecule has 0 aromatic carbocycles. The van der Waals surface area contributed by atoms with Crippen LogP contribution in [0.3, 0.4) is 0 Å². The Balaban J connectivity index is 1.96. The van der Waals surface area contributed by atoms with E-state index in [1.165, 1.54) is 19.3 Å². The third-order valence-corrected chi connectivity index (χ3v) is 4.12. The first-order chi connectivity index (χ1) is 7.81. The fraction of sp³-hybridized carbons (Fsp3) is 0.923.